The van der Waals surface area contributed by atoms with Gasteiger partial charge in [-0.25, -0.2) is 8.78 Å². The van der Waals surface area contributed by atoms with E-state index in [9.17, 15) is 18.4 Å². The van der Waals surface area contributed by atoms with Crippen LogP contribution >= 0.6 is 11.3 Å². The lowest BCUT2D eigenvalue weighted by Gasteiger charge is -2.21. The number of nitrogens with zero attached hydrogens (tertiary/aromatic N) is 1. The highest BCUT2D eigenvalue weighted by Gasteiger charge is 2.37. The topological polar surface area (TPSA) is 49.4 Å². The zero-order chi connectivity index (χ0) is 20.4. The predicted molar refractivity (Wildman–Crippen MR) is 108 cm³/mol. The molecular weight excluding hydrogens is 394 g/mol. The third-order valence-corrected chi connectivity index (χ3v) is 5.89. The van der Waals surface area contributed by atoms with E-state index in [-0.39, 0.29) is 36.3 Å². The summed E-state index contributed by atoms with van der Waals surface area (Å²) in [6, 6.07) is 15.3. The van der Waals surface area contributed by atoms with E-state index in [0.29, 0.717) is 0 Å². The Labute approximate surface area is 170 Å². The van der Waals surface area contributed by atoms with Gasteiger partial charge >= 0.3 is 0 Å². The molecule has 29 heavy (non-hydrogen) atoms. The molecule has 1 N–H and O–H groups in total. The maximum absolute atomic E-state index is 14.1. The second-order valence-corrected chi connectivity index (χ2v) is 7.84. The van der Waals surface area contributed by atoms with Gasteiger partial charge in [0.25, 0.3) is 0 Å². The fourth-order valence-corrected chi connectivity index (χ4v) is 4.28. The first kappa shape index (κ1) is 19.3. The summed E-state index contributed by atoms with van der Waals surface area (Å²) in [5.74, 6) is -2.02. The fourth-order valence-electron chi connectivity index (χ4n) is 3.48. The predicted octanol–water partition coefficient (Wildman–Crippen LogP) is 4.29. The van der Waals surface area contributed by atoms with Crippen molar-refractivity contribution in [3.63, 3.8) is 0 Å². The first-order valence-electron chi connectivity index (χ1n) is 9.17. The minimum atomic E-state index is -0.593. The second kappa shape index (κ2) is 8.13. The van der Waals surface area contributed by atoms with E-state index in [0.717, 1.165) is 10.4 Å². The van der Waals surface area contributed by atoms with Crippen molar-refractivity contribution in [3.8, 4) is 0 Å². The number of thiophene rings is 1. The van der Waals surface area contributed by atoms with E-state index in [4.69, 9.17) is 0 Å². The molecule has 4 rings (SSSR count). The summed E-state index contributed by atoms with van der Waals surface area (Å²) in [7, 11) is 0. The number of para-hydroxylation sites is 1. The Morgan fingerprint density at radius 1 is 1.07 bits per heavy atom. The molecule has 0 unspecified atom stereocenters. The summed E-state index contributed by atoms with van der Waals surface area (Å²) >= 11 is 1.48. The van der Waals surface area contributed by atoms with Crippen molar-refractivity contribution in [2.45, 2.75) is 12.5 Å². The number of carbonyl (C=O) groups excluding carboxylic acids is 2. The number of nitrogens with one attached hydrogen (secondary N) is 1. The Morgan fingerprint density at radius 2 is 1.83 bits per heavy atom. The highest BCUT2D eigenvalue weighted by molar-refractivity contribution is 7.10. The molecule has 0 aliphatic carbocycles. The molecule has 1 aromatic heterocycles. The van der Waals surface area contributed by atoms with Crippen LogP contribution in [0.4, 0.5) is 14.5 Å². The van der Waals surface area contributed by atoms with E-state index in [1.54, 1.807) is 24.3 Å². The summed E-state index contributed by atoms with van der Waals surface area (Å²) < 4.78 is 27.4. The standard InChI is InChI=1S/C22H18F2N2O2S/c23-16-9-7-14(8-10-16)21(19-6-3-11-29-19)25-22(28)15-12-20(27)26(13-15)18-5-2-1-4-17(18)24/h1-11,15,21H,12-13H2,(H,25,28)/t15-,21+/m0/s1. The average Bonchev–Trinajstić information content (AvgIpc) is 3.37. The summed E-state index contributed by atoms with van der Waals surface area (Å²) in [5.41, 5.74) is 0.929. The Balaban J connectivity index is 1.53. The number of halogens is 2. The highest BCUT2D eigenvalue weighted by Crippen LogP contribution is 2.30. The molecule has 1 saturated heterocycles. The molecule has 2 heterocycles. The summed E-state index contributed by atoms with van der Waals surface area (Å²) in [6.45, 7) is 0.117. The van der Waals surface area contributed by atoms with Gasteiger partial charge in [0, 0.05) is 17.8 Å². The first-order chi connectivity index (χ1) is 14.0. The molecule has 1 aliphatic heterocycles. The zero-order valence-corrected chi connectivity index (χ0v) is 16.2. The largest absolute Gasteiger partial charge is 0.344 e. The molecule has 0 saturated carbocycles. The molecule has 4 nitrogen and oxygen atoms in total. The van der Waals surface area contributed by atoms with Crippen LogP contribution in [0.2, 0.25) is 0 Å². The smallest absolute Gasteiger partial charge is 0.227 e. The van der Waals surface area contributed by atoms with E-state index in [2.05, 4.69) is 5.32 Å². The van der Waals surface area contributed by atoms with Crippen molar-refractivity contribution in [3.05, 3.63) is 88.1 Å². The number of rotatable bonds is 5. The number of amides is 2. The van der Waals surface area contributed by atoms with Crippen LogP contribution in [-0.4, -0.2) is 18.4 Å². The van der Waals surface area contributed by atoms with Gasteiger partial charge in [-0.2, -0.15) is 0 Å². The average molecular weight is 412 g/mol. The number of hydrogen-bond donors (Lipinski definition) is 1. The molecule has 3 aromatic rings. The Hall–Kier alpha value is -3.06. The van der Waals surface area contributed by atoms with Crippen molar-refractivity contribution in [2.75, 3.05) is 11.4 Å². The van der Waals surface area contributed by atoms with Gasteiger partial charge in [0.15, 0.2) is 0 Å². The van der Waals surface area contributed by atoms with E-state index in [1.807, 2.05) is 17.5 Å². The lowest BCUT2D eigenvalue weighted by atomic mass is 10.0. The summed E-state index contributed by atoms with van der Waals surface area (Å²) in [5, 5.41) is 4.88. The monoisotopic (exact) mass is 412 g/mol. The van der Waals surface area contributed by atoms with Crippen molar-refractivity contribution < 1.29 is 18.4 Å². The molecule has 2 atom stereocenters. The van der Waals surface area contributed by atoms with Gasteiger partial charge in [0.2, 0.25) is 11.8 Å². The highest BCUT2D eigenvalue weighted by atomic mass is 32.1. The summed E-state index contributed by atoms with van der Waals surface area (Å²) in [6.07, 6.45) is 0.0146. The number of anilines is 1. The van der Waals surface area contributed by atoms with Crippen molar-refractivity contribution in [1.29, 1.82) is 0 Å². The number of benzene rings is 2. The molecular formula is C22H18F2N2O2S. The second-order valence-electron chi connectivity index (χ2n) is 6.87. The molecule has 2 amide bonds. The normalized spacial score (nSPS) is 17.4. The van der Waals surface area contributed by atoms with Crippen LogP contribution in [0.3, 0.4) is 0 Å². The SMILES string of the molecule is O=C(N[C@H](c1ccc(F)cc1)c1cccs1)[C@H]1CC(=O)N(c2ccccc2F)C1. The number of carbonyl (C=O) groups is 2. The minimum absolute atomic E-state index is 0.0146. The zero-order valence-electron chi connectivity index (χ0n) is 15.3. The van der Waals surface area contributed by atoms with Crippen LogP contribution in [0.5, 0.6) is 0 Å². The maximum atomic E-state index is 14.1. The molecule has 0 spiro atoms. The molecule has 1 aliphatic rings. The summed E-state index contributed by atoms with van der Waals surface area (Å²) in [4.78, 5) is 27.6. The Bertz CT molecular complexity index is 1020. The van der Waals surface area contributed by atoms with Crippen molar-refractivity contribution >= 4 is 28.8 Å². The Kier molecular flexibility index (Phi) is 5.40. The molecule has 0 bridgehead atoms. The fraction of sp³-hybridized carbons (Fsp3) is 0.182. The van der Waals surface area contributed by atoms with Gasteiger partial charge in [-0.1, -0.05) is 30.3 Å². The van der Waals surface area contributed by atoms with Crippen LogP contribution in [0.25, 0.3) is 0 Å². The third kappa shape index (κ3) is 4.05. The molecule has 0 radical (unpaired) electrons. The third-order valence-electron chi connectivity index (χ3n) is 4.96. The lowest BCUT2D eigenvalue weighted by molar-refractivity contribution is -0.126. The van der Waals surface area contributed by atoms with Gasteiger partial charge in [0.1, 0.15) is 11.6 Å². The number of hydrogen-bond acceptors (Lipinski definition) is 3. The molecule has 148 valence electrons. The van der Waals surface area contributed by atoms with Gasteiger partial charge in [-0.05, 0) is 41.3 Å². The Morgan fingerprint density at radius 3 is 2.52 bits per heavy atom. The van der Waals surface area contributed by atoms with Gasteiger partial charge in [-0.15, -0.1) is 11.3 Å². The van der Waals surface area contributed by atoms with Crippen LogP contribution in [0.15, 0.2) is 66.0 Å². The quantitative estimate of drug-likeness (QED) is 0.680. The van der Waals surface area contributed by atoms with Crippen LogP contribution in [0, 0.1) is 17.6 Å². The van der Waals surface area contributed by atoms with Gasteiger partial charge in [-0.3, -0.25) is 9.59 Å². The minimum Gasteiger partial charge on any atom is -0.344 e. The first-order valence-corrected chi connectivity index (χ1v) is 10.0. The van der Waals surface area contributed by atoms with Crippen LogP contribution in [0.1, 0.15) is 22.9 Å². The molecule has 1 fully saturated rings. The van der Waals surface area contributed by atoms with Crippen LogP contribution < -0.4 is 10.2 Å². The van der Waals surface area contributed by atoms with E-state index < -0.39 is 17.8 Å². The maximum Gasteiger partial charge on any atom is 0.227 e. The van der Waals surface area contributed by atoms with Crippen LogP contribution in [-0.2, 0) is 9.59 Å². The van der Waals surface area contributed by atoms with E-state index in [1.165, 1.54) is 40.5 Å². The van der Waals surface area contributed by atoms with Gasteiger partial charge < -0.3 is 10.2 Å². The van der Waals surface area contributed by atoms with Crippen molar-refractivity contribution in [1.82, 2.24) is 5.32 Å². The van der Waals surface area contributed by atoms with E-state index >= 15 is 0 Å². The van der Waals surface area contributed by atoms with Gasteiger partial charge in [0.05, 0.1) is 17.6 Å². The molecule has 7 heteroatoms. The molecule has 2 aromatic carbocycles. The van der Waals surface area contributed by atoms with Crippen molar-refractivity contribution in [2.24, 2.45) is 5.92 Å². The lowest BCUT2D eigenvalue weighted by Crippen LogP contribution is -2.35.